The molecule has 0 radical (unpaired) electrons. The number of benzene rings is 1. The first kappa shape index (κ1) is 13.5. The van der Waals surface area contributed by atoms with Gasteiger partial charge in [0.05, 0.1) is 12.2 Å². The predicted molar refractivity (Wildman–Crippen MR) is 69.0 cm³/mol. The van der Waals surface area contributed by atoms with E-state index in [0.717, 1.165) is 0 Å². The number of nitrogens with zero attached hydrogens (tertiary/aromatic N) is 1. The van der Waals surface area contributed by atoms with Gasteiger partial charge in [-0.3, -0.25) is 14.9 Å². The highest BCUT2D eigenvalue weighted by Gasteiger charge is 2.31. The zero-order valence-electron chi connectivity index (χ0n) is 10.8. The maximum atomic E-state index is 14.1. The molecule has 2 atom stereocenters. The lowest BCUT2D eigenvalue weighted by Crippen LogP contribution is -2.57. The molecule has 0 bridgehead atoms. The molecule has 2 amide bonds. The lowest BCUT2D eigenvalue weighted by atomic mass is 10.1. The summed E-state index contributed by atoms with van der Waals surface area (Å²) >= 11 is 0. The van der Waals surface area contributed by atoms with Crippen molar-refractivity contribution in [1.82, 2.24) is 5.32 Å². The topological polar surface area (TPSA) is 75.4 Å². The predicted octanol–water partition coefficient (Wildman–Crippen LogP) is 0.697. The molecule has 1 aliphatic heterocycles. The molecule has 0 spiro atoms. The van der Waals surface area contributed by atoms with Gasteiger partial charge < -0.3 is 10.6 Å². The van der Waals surface area contributed by atoms with E-state index < -0.39 is 23.7 Å². The van der Waals surface area contributed by atoms with Gasteiger partial charge in [-0.1, -0.05) is 6.07 Å². The minimum atomic E-state index is -0.589. The molecule has 102 valence electrons. The van der Waals surface area contributed by atoms with Crippen LogP contribution in [0.1, 0.15) is 25.5 Å². The van der Waals surface area contributed by atoms with Gasteiger partial charge in [0.15, 0.2) is 0 Å². The van der Waals surface area contributed by atoms with Crippen molar-refractivity contribution >= 4 is 17.5 Å². The van der Waals surface area contributed by atoms with Crippen molar-refractivity contribution in [3.63, 3.8) is 0 Å². The first-order chi connectivity index (χ1) is 8.90. The van der Waals surface area contributed by atoms with Crippen molar-refractivity contribution in [2.45, 2.75) is 25.9 Å². The van der Waals surface area contributed by atoms with Crippen molar-refractivity contribution in [2.75, 3.05) is 11.4 Å². The van der Waals surface area contributed by atoms with Gasteiger partial charge in [-0.2, -0.15) is 0 Å². The molecule has 6 heteroatoms. The first-order valence-electron chi connectivity index (χ1n) is 6.05. The van der Waals surface area contributed by atoms with Crippen molar-refractivity contribution in [1.29, 1.82) is 0 Å². The molecule has 0 aliphatic carbocycles. The van der Waals surface area contributed by atoms with Crippen molar-refractivity contribution < 1.29 is 14.0 Å². The van der Waals surface area contributed by atoms with E-state index in [1.54, 1.807) is 26.0 Å². The van der Waals surface area contributed by atoms with Gasteiger partial charge in [0.1, 0.15) is 11.9 Å². The van der Waals surface area contributed by atoms with Crippen LogP contribution in [0.3, 0.4) is 0 Å². The molecule has 0 aromatic heterocycles. The van der Waals surface area contributed by atoms with Crippen molar-refractivity contribution in [3.8, 4) is 0 Å². The summed E-state index contributed by atoms with van der Waals surface area (Å²) < 4.78 is 14.1. The smallest absolute Gasteiger partial charge is 0.249 e. The van der Waals surface area contributed by atoms with Gasteiger partial charge in [0.2, 0.25) is 11.8 Å². The second kappa shape index (κ2) is 4.97. The van der Waals surface area contributed by atoms with Gasteiger partial charge in [0.25, 0.3) is 0 Å². The molecule has 19 heavy (non-hydrogen) atoms. The third-order valence-electron chi connectivity index (χ3n) is 3.23. The number of piperazine rings is 1. The highest BCUT2D eigenvalue weighted by Crippen LogP contribution is 2.25. The normalized spacial score (nSPS) is 21.3. The molecular formula is C13H16FN3O2. The Morgan fingerprint density at radius 1 is 1.47 bits per heavy atom. The lowest BCUT2D eigenvalue weighted by molar-refractivity contribution is -0.132. The van der Waals surface area contributed by atoms with Gasteiger partial charge in [-0.25, -0.2) is 4.39 Å². The number of nitrogens with two attached hydrogens (primary N) is 1. The highest BCUT2D eigenvalue weighted by molar-refractivity contribution is 6.04. The number of carbonyl (C=O) groups excluding carboxylic acids is 2. The fourth-order valence-electron chi connectivity index (χ4n) is 2.05. The molecular weight excluding hydrogens is 249 g/mol. The zero-order chi connectivity index (χ0) is 14.2. The highest BCUT2D eigenvalue weighted by atomic mass is 19.1. The summed E-state index contributed by atoms with van der Waals surface area (Å²) in [6, 6.07) is 3.73. The van der Waals surface area contributed by atoms with E-state index in [9.17, 15) is 14.0 Å². The molecule has 0 saturated carbocycles. The van der Waals surface area contributed by atoms with Gasteiger partial charge in [-0.05, 0) is 31.5 Å². The van der Waals surface area contributed by atoms with E-state index in [2.05, 4.69) is 5.32 Å². The Labute approximate surface area is 110 Å². The summed E-state index contributed by atoms with van der Waals surface area (Å²) in [5, 5.41) is 2.22. The maximum absolute atomic E-state index is 14.1. The zero-order valence-corrected chi connectivity index (χ0v) is 10.8. The van der Waals surface area contributed by atoms with Gasteiger partial charge in [0, 0.05) is 6.04 Å². The average molecular weight is 265 g/mol. The summed E-state index contributed by atoms with van der Waals surface area (Å²) in [5.41, 5.74) is 6.59. The monoisotopic (exact) mass is 265 g/mol. The molecule has 2 rings (SSSR count). The van der Waals surface area contributed by atoms with Crippen LogP contribution in [0.25, 0.3) is 0 Å². The number of rotatable bonds is 2. The van der Waals surface area contributed by atoms with E-state index in [4.69, 9.17) is 5.73 Å². The third-order valence-corrected chi connectivity index (χ3v) is 3.23. The number of halogens is 1. The van der Waals surface area contributed by atoms with Crippen LogP contribution in [-0.4, -0.2) is 24.4 Å². The average Bonchev–Trinajstić information content (AvgIpc) is 2.33. The largest absolute Gasteiger partial charge is 0.348 e. The van der Waals surface area contributed by atoms with Crippen LogP contribution in [0, 0.1) is 5.82 Å². The first-order valence-corrected chi connectivity index (χ1v) is 6.05. The molecule has 1 heterocycles. The summed E-state index contributed by atoms with van der Waals surface area (Å²) in [6.07, 6.45) is 0. The molecule has 1 aliphatic rings. The number of imide groups is 1. The number of carbonyl (C=O) groups is 2. The fourth-order valence-corrected chi connectivity index (χ4v) is 2.05. The Kier molecular flexibility index (Phi) is 3.53. The Morgan fingerprint density at radius 2 is 2.16 bits per heavy atom. The third kappa shape index (κ3) is 2.58. The quantitative estimate of drug-likeness (QED) is 0.772. The second-order valence-electron chi connectivity index (χ2n) is 4.72. The van der Waals surface area contributed by atoms with Crippen LogP contribution >= 0.6 is 0 Å². The summed E-state index contributed by atoms with van der Waals surface area (Å²) in [4.78, 5) is 24.4. The van der Waals surface area contributed by atoms with Crippen LogP contribution in [0.5, 0.6) is 0 Å². The van der Waals surface area contributed by atoms with Crippen LogP contribution in [0.15, 0.2) is 18.2 Å². The van der Waals surface area contributed by atoms with Crippen LogP contribution in [-0.2, 0) is 9.59 Å². The Hall–Kier alpha value is -1.95. The van der Waals surface area contributed by atoms with Crippen LogP contribution in [0.2, 0.25) is 0 Å². The standard InChI is InChI=1S/C13H16FN3O2/c1-7(15)9-3-4-11(10(14)5-9)17-6-12(18)16-13(19)8(17)2/h3-5,7-8H,6,15H2,1-2H3,(H,16,18,19)/t7-,8?/m0/s1. The molecule has 1 aromatic rings. The molecule has 1 fully saturated rings. The Morgan fingerprint density at radius 3 is 2.74 bits per heavy atom. The van der Waals surface area contributed by atoms with Crippen LogP contribution < -0.4 is 16.0 Å². The Bertz CT molecular complexity index is 531. The Balaban J connectivity index is 2.35. The van der Waals surface area contributed by atoms with E-state index >= 15 is 0 Å². The van der Waals surface area contributed by atoms with E-state index in [1.165, 1.54) is 11.0 Å². The van der Waals surface area contributed by atoms with Crippen LogP contribution in [0.4, 0.5) is 10.1 Å². The molecule has 3 N–H and O–H groups in total. The van der Waals surface area contributed by atoms with Crippen molar-refractivity contribution in [3.05, 3.63) is 29.6 Å². The van der Waals surface area contributed by atoms with E-state index in [0.29, 0.717) is 5.56 Å². The lowest BCUT2D eigenvalue weighted by Gasteiger charge is -2.33. The number of anilines is 1. The number of amides is 2. The maximum Gasteiger partial charge on any atom is 0.249 e. The van der Waals surface area contributed by atoms with Gasteiger partial charge >= 0.3 is 0 Å². The van der Waals surface area contributed by atoms with Crippen molar-refractivity contribution in [2.24, 2.45) is 5.73 Å². The summed E-state index contributed by atoms with van der Waals surface area (Å²) in [5.74, 6) is -1.34. The van der Waals surface area contributed by atoms with E-state index in [-0.39, 0.29) is 18.3 Å². The SMILES string of the molecule is CC1C(=O)NC(=O)CN1c1ccc([C@H](C)N)cc1F. The molecule has 1 aromatic carbocycles. The summed E-state index contributed by atoms with van der Waals surface area (Å²) in [6.45, 7) is 3.34. The molecule has 1 saturated heterocycles. The van der Waals surface area contributed by atoms with Gasteiger partial charge in [-0.15, -0.1) is 0 Å². The number of hydrogen-bond acceptors (Lipinski definition) is 4. The van der Waals surface area contributed by atoms with E-state index in [1.807, 2.05) is 0 Å². The minimum Gasteiger partial charge on any atom is -0.348 e. The number of nitrogens with one attached hydrogen (secondary N) is 1. The number of hydrogen-bond donors (Lipinski definition) is 2. The summed E-state index contributed by atoms with van der Waals surface area (Å²) in [7, 11) is 0. The second-order valence-corrected chi connectivity index (χ2v) is 4.72. The molecule has 5 nitrogen and oxygen atoms in total. The fraction of sp³-hybridized carbons (Fsp3) is 0.385. The minimum absolute atomic E-state index is 0.0403. The molecule has 1 unspecified atom stereocenters.